The van der Waals surface area contributed by atoms with Crippen molar-refractivity contribution in [2.75, 3.05) is 33.9 Å². The molecule has 0 saturated heterocycles. The van der Waals surface area contributed by atoms with Crippen LogP contribution in [0.25, 0.3) is 0 Å². The predicted molar refractivity (Wildman–Crippen MR) is 213 cm³/mol. The highest BCUT2D eigenvalue weighted by molar-refractivity contribution is 5.72. The Labute approximate surface area is 307 Å². The zero-order chi connectivity index (χ0) is 35.9. The van der Waals surface area contributed by atoms with Crippen LogP contribution in [0.5, 0.6) is 0 Å². The first-order valence-corrected chi connectivity index (χ1v) is 21.8. The number of rotatable bonds is 40. The molecule has 0 aliphatic carbocycles. The highest BCUT2D eigenvalue weighted by atomic mass is 16.6. The molecule has 0 spiro atoms. The Morgan fingerprint density at radius 2 is 0.898 bits per heavy atom. The fraction of sp³-hybridized carbons (Fsp3) is 0.932. The monoisotopic (exact) mass is 694 g/mol. The minimum atomic E-state index is -1.08. The Balaban J connectivity index is 3.88. The third-order valence-corrected chi connectivity index (χ3v) is 9.95. The number of ether oxygens (including phenoxy) is 2. The molecule has 5 heteroatoms. The number of unbranched alkanes of at least 4 members (excludes halogenated alkanes) is 27. The molecule has 0 aliphatic heterocycles. The highest BCUT2D eigenvalue weighted by Crippen LogP contribution is 2.18. The molecule has 0 radical (unpaired) electrons. The second kappa shape index (κ2) is 39.9. The lowest BCUT2D eigenvalue weighted by molar-refractivity contribution is -0.177. The van der Waals surface area contributed by atoms with Gasteiger partial charge in [-0.15, -0.1) is 0 Å². The van der Waals surface area contributed by atoms with E-state index in [0.717, 1.165) is 38.6 Å². The molecular formula is C44H87NO4. The van der Waals surface area contributed by atoms with E-state index >= 15 is 0 Å². The normalized spacial score (nSPS) is 13.1. The number of hydrogen-bond acceptors (Lipinski definition) is 5. The van der Waals surface area contributed by atoms with Crippen LogP contribution in [-0.2, 0) is 14.3 Å². The lowest BCUT2D eigenvalue weighted by Gasteiger charge is -2.22. The van der Waals surface area contributed by atoms with Crippen molar-refractivity contribution >= 4 is 5.97 Å². The number of aliphatic hydroxyl groups is 1. The minimum Gasteiger partial charge on any atom is -0.465 e. The topological polar surface area (TPSA) is 59.0 Å². The zero-order valence-electron chi connectivity index (χ0n) is 33.7. The number of esters is 1. The van der Waals surface area contributed by atoms with Gasteiger partial charge in [0.05, 0.1) is 6.61 Å². The summed E-state index contributed by atoms with van der Waals surface area (Å²) in [6.07, 6.45) is 44.1. The van der Waals surface area contributed by atoms with E-state index in [1.165, 1.54) is 167 Å². The van der Waals surface area contributed by atoms with Crippen molar-refractivity contribution in [2.24, 2.45) is 5.92 Å². The fourth-order valence-corrected chi connectivity index (χ4v) is 6.60. The van der Waals surface area contributed by atoms with Crippen molar-refractivity contribution in [3.05, 3.63) is 12.2 Å². The van der Waals surface area contributed by atoms with E-state index < -0.39 is 12.2 Å². The number of carbonyl (C=O) groups is 1. The van der Waals surface area contributed by atoms with Crippen molar-refractivity contribution in [3.63, 3.8) is 0 Å². The van der Waals surface area contributed by atoms with E-state index in [2.05, 4.69) is 30.9 Å². The fourth-order valence-electron chi connectivity index (χ4n) is 6.60. The summed E-state index contributed by atoms with van der Waals surface area (Å²) in [5.41, 5.74) is 0. The van der Waals surface area contributed by atoms with Crippen molar-refractivity contribution in [2.45, 2.75) is 226 Å². The standard InChI is InChI=1S/C44H87NO4/c1-5-7-9-11-13-15-17-19-21-23-25-27-29-31-33-35-40-48-43(46)42(38-37-39-45(3)4)44(47)49-41-36-34-32-30-28-26-24-22-20-18-16-14-12-10-8-6-2/h19,21,42-43,46H,5-18,20,22-41H2,1-4H3/b21-19-. The molecule has 2 unspecified atom stereocenters. The number of aliphatic hydroxyl groups excluding tert-OH is 1. The molecule has 0 saturated carbocycles. The van der Waals surface area contributed by atoms with Gasteiger partial charge < -0.3 is 19.5 Å². The summed E-state index contributed by atoms with van der Waals surface area (Å²) in [6.45, 7) is 6.38. The summed E-state index contributed by atoms with van der Waals surface area (Å²) in [7, 11) is 4.07. The Morgan fingerprint density at radius 1 is 0.531 bits per heavy atom. The van der Waals surface area contributed by atoms with Crippen LogP contribution in [0.2, 0.25) is 0 Å². The van der Waals surface area contributed by atoms with Gasteiger partial charge in [-0.2, -0.15) is 0 Å². The number of carbonyl (C=O) groups excluding carboxylic acids is 1. The van der Waals surface area contributed by atoms with Gasteiger partial charge in [-0.1, -0.05) is 180 Å². The summed E-state index contributed by atoms with van der Waals surface area (Å²) >= 11 is 0. The molecule has 0 rings (SSSR count). The van der Waals surface area contributed by atoms with Crippen LogP contribution in [0.1, 0.15) is 219 Å². The van der Waals surface area contributed by atoms with Gasteiger partial charge in [0.25, 0.3) is 0 Å². The number of hydrogen-bond donors (Lipinski definition) is 1. The van der Waals surface area contributed by atoms with Crippen molar-refractivity contribution in [1.82, 2.24) is 4.90 Å². The average molecular weight is 694 g/mol. The Bertz CT molecular complexity index is 682. The first-order chi connectivity index (χ1) is 24.0. The molecule has 2 atom stereocenters. The number of nitrogens with zero attached hydrogens (tertiary/aromatic N) is 1. The van der Waals surface area contributed by atoms with Crippen LogP contribution in [0, 0.1) is 5.92 Å². The second-order valence-electron chi connectivity index (χ2n) is 15.2. The van der Waals surface area contributed by atoms with Crippen LogP contribution in [0.4, 0.5) is 0 Å². The largest absolute Gasteiger partial charge is 0.465 e. The van der Waals surface area contributed by atoms with E-state index in [1.54, 1.807) is 0 Å². The van der Waals surface area contributed by atoms with Gasteiger partial charge in [0.2, 0.25) is 0 Å². The summed E-state index contributed by atoms with van der Waals surface area (Å²) in [6, 6.07) is 0. The van der Waals surface area contributed by atoms with E-state index in [0.29, 0.717) is 19.6 Å². The first-order valence-electron chi connectivity index (χ1n) is 21.8. The smallest absolute Gasteiger partial charge is 0.314 e. The van der Waals surface area contributed by atoms with E-state index in [4.69, 9.17) is 9.47 Å². The lowest BCUT2D eigenvalue weighted by atomic mass is 10.0. The van der Waals surface area contributed by atoms with Gasteiger partial charge in [-0.3, -0.25) is 4.79 Å². The van der Waals surface area contributed by atoms with E-state index in [1.807, 2.05) is 14.1 Å². The molecular weight excluding hydrogens is 606 g/mol. The summed E-state index contributed by atoms with van der Waals surface area (Å²) in [5.74, 6) is -0.900. The molecule has 0 aliphatic rings. The first kappa shape index (κ1) is 48.1. The molecule has 0 amide bonds. The minimum absolute atomic E-state index is 0.298. The van der Waals surface area contributed by atoms with E-state index in [-0.39, 0.29) is 5.97 Å². The van der Waals surface area contributed by atoms with Crippen LogP contribution < -0.4 is 0 Å². The number of allylic oxidation sites excluding steroid dienone is 2. The Hall–Kier alpha value is -0.910. The predicted octanol–water partition coefficient (Wildman–Crippen LogP) is 13.1. The third kappa shape index (κ3) is 36.7. The highest BCUT2D eigenvalue weighted by Gasteiger charge is 2.28. The Morgan fingerprint density at radius 3 is 1.31 bits per heavy atom. The molecule has 292 valence electrons. The molecule has 5 nitrogen and oxygen atoms in total. The molecule has 1 N–H and O–H groups in total. The van der Waals surface area contributed by atoms with Crippen molar-refractivity contribution in [1.29, 1.82) is 0 Å². The molecule has 0 fully saturated rings. The second-order valence-corrected chi connectivity index (χ2v) is 15.2. The molecule has 0 aromatic rings. The van der Waals surface area contributed by atoms with Crippen molar-refractivity contribution < 1.29 is 19.4 Å². The summed E-state index contributed by atoms with van der Waals surface area (Å²) in [4.78, 5) is 15.0. The summed E-state index contributed by atoms with van der Waals surface area (Å²) < 4.78 is 11.4. The maximum absolute atomic E-state index is 12.9. The molecule has 0 bridgehead atoms. The van der Waals surface area contributed by atoms with Gasteiger partial charge in [-0.05, 0) is 72.0 Å². The Kier molecular flexibility index (Phi) is 39.1. The van der Waals surface area contributed by atoms with Crippen LogP contribution >= 0.6 is 0 Å². The van der Waals surface area contributed by atoms with Gasteiger partial charge in [0.15, 0.2) is 6.29 Å². The maximum atomic E-state index is 12.9. The van der Waals surface area contributed by atoms with Crippen LogP contribution in [-0.4, -0.2) is 56.1 Å². The lowest BCUT2D eigenvalue weighted by Crippen LogP contribution is -2.33. The molecule has 0 aromatic carbocycles. The van der Waals surface area contributed by atoms with Crippen LogP contribution in [0.3, 0.4) is 0 Å². The van der Waals surface area contributed by atoms with Gasteiger partial charge in [-0.25, -0.2) is 0 Å². The van der Waals surface area contributed by atoms with Gasteiger partial charge >= 0.3 is 5.97 Å². The van der Waals surface area contributed by atoms with Gasteiger partial charge in [0, 0.05) is 6.61 Å². The SMILES string of the molecule is CCCCCCCC/C=C\CCCCCCCCOC(O)C(CCCN(C)C)C(=O)OCCCCCCCCCCCCCCCCCC. The molecule has 0 aromatic heterocycles. The molecule has 49 heavy (non-hydrogen) atoms. The zero-order valence-corrected chi connectivity index (χ0v) is 33.7. The molecule has 0 heterocycles. The van der Waals surface area contributed by atoms with Crippen LogP contribution in [0.15, 0.2) is 12.2 Å². The maximum Gasteiger partial charge on any atom is 0.314 e. The summed E-state index contributed by atoms with van der Waals surface area (Å²) in [5, 5.41) is 10.8. The van der Waals surface area contributed by atoms with E-state index in [9.17, 15) is 9.90 Å². The third-order valence-electron chi connectivity index (χ3n) is 9.95. The van der Waals surface area contributed by atoms with Gasteiger partial charge in [0.1, 0.15) is 5.92 Å². The average Bonchev–Trinajstić information content (AvgIpc) is 3.09. The van der Waals surface area contributed by atoms with Crippen molar-refractivity contribution in [3.8, 4) is 0 Å². The quantitative estimate of drug-likeness (QED) is 0.0300.